The third kappa shape index (κ3) is 2.04. The molecule has 0 aromatic carbocycles. The molecule has 2 N–H and O–H groups in total. The van der Waals surface area contributed by atoms with E-state index in [9.17, 15) is 4.79 Å². The molecule has 0 spiro atoms. The summed E-state index contributed by atoms with van der Waals surface area (Å²) in [6.07, 6.45) is 5.04. The van der Waals surface area contributed by atoms with Crippen molar-refractivity contribution in [3.8, 4) is 0 Å². The molecule has 2 saturated heterocycles. The van der Waals surface area contributed by atoms with Crippen LogP contribution < -0.4 is 5.32 Å². The number of nitrogens with zero attached hydrogens (tertiary/aromatic N) is 1. The zero-order chi connectivity index (χ0) is 12.7. The van der Waals surface area contributed by atoms with Crippen LogP contribution in [-0.4, -0.2) is 34.3 Å². The van der Waals surface area contributed by atoms with Gasteiger partial charge in [0.25, 0.3) is 0 Å². The highest BCUT2D eigenvalue weighted by atomic mass is 35.5. The van der Waals surface area contributed by atoms with Gasteiger partial charge in [0.1, 0.15) is 5.82 Å². The molecule has 3 unspecified atom stereocenters. The average Bonchev–Trinajstić information content (AvgIpc) is 2.93. The van der Waals surface area contributed by atoms with E-state index in [1.807, 2.05) is 0 Å². The van der Waals surface area contributed by atoms with Gasteiger partial charge in [0.15, 0.2) is 0 Å². The van der Waals surface area contributed by atoms with Crippen LogP contribution in [0, 0.1) is 0 Å². The molecule has 2 aliphatic heterocycles. The summed E-state index contributed by atoms with van der Waals surface area (Å²) >= 11 is 6.02. The maximum Gasteiger partial charge on any atom is 0.337 e. The van der Waals surface area contributed by atoms with Gasteiger partial charge in [-0.15, -0.1) is 0 Å². The van der Waals surface area contributed by atoms with E-state index in [1.165, 1.54) is 12.3 Å². The van der Waals surface area contributed by atoms with E-state index in [-0.39, 0.29) is 17.7 Å². The van der Waals surface area contributed by atoms with E-state index in [2.05, 4.69) is 10.3 Å². The monoisotopic (exact) mass is 268 g/mol. The predicted octanol–water partition coefficient (Wildman–Crippen LogP) is 2.17. The molecule has 1 aromatic rings. The minimum absolute atomic E-state index is 0.0924. The predicted molar refractivity (Wildman–Crippen MR) is 66.1 cm³/mol. The number of pyridine rings is 1. The number of fused-ring (bicyclic) bond motifs is 2. The number of carboxylic acids is 1. The van der Waals surface area contributed by atoms with Gasteiger partial charge >= 0.3 is 5.97 Å². The van der Waals surface area contributed by atoms with Gasteiger partial charge in [-0.05, 0) is 25.3 Å². The number of carbonyl (C=O) groups is 1. The van der Waals surface area contributed by atoms with Gasteiger partial charge in [0.2, 0.25) is 0 Å². The SMILES string of the molecule is O=C(O)c1cnc(NC2CC3CCC2O3)c(Cl)c1. The molecule has 6 heteroatoms. The fraction of sp³-hybridized carbons (Fsp3) is 0.500. The number of aromatic carboxylic acids is 1. The molecular formula is C12H13ClN2O3. The first-order valence-corrected chi connectivity index (χ1v) is 6.32. The molecule has 3 heterocycles. The van der Waals surface area contributed by atoms with E-state index in [4.69, 9.17) is 21.4 Å². The smallest absolute Gasteiger partial charge is 0.337 e. The quantitative estimate of drug-likeness (QED) is 0.879. The molecule has 0 amide bonds. The third-order valence-corrected chi connectivity index (χ3v) is 3.80. The number of carboxylic acid groups (broad SMARTS) is 1. The average molecular weight is 269 g/mol. The Morgan fingerprint density at radius 1 is 1.56 bits per heavy atom. The Morgan fingerprint density at radius 3 is 2.94 bits per heavy atom. The molecule has 2 aliphatic rings. The summed E-state index contributed by atoms with van der Waals surface area (Å²) in [5, 5.41) is 12.4. The Balaban J connectivity index is 1.75. The number of halogens is 1. The molecule has 2 bridgehead atoms. The molecule has 2 fully saturated rings. The maximum atomic E-state index is 10.8. The summed E-state index contributed by atoms with van der Waals surface area (Å²) in [4.78, 5) is 14.8. The molecular weight excluding hydrogens is 256 g/mol. The van der Waals surface area contributed by atoms with Gasteiger partial charge in [-0.3, -0.25) is 0 Å². The van der Waals surface area contributed by atoms with Crippen LogP contribution in [0.25, 0.3) is 0 Å². The van der Waals surface area contributed by atoms with Crippen molar-refractivity contribution in [2.24, 2.45) is 0 Å². The van der Waals surface area contributed by atoms with E-state index in [0.717, 1.165) is 19.3 Å². The Labute approximate surface area is 109 Å². The van der Waals surface area contributed by atoms with Crippen molar-refractivity contribution in [3.63, 3.8) is 0 Å². The Kier molecular flexibility index (Phi) is 2.87. The van der Waals surface area contributed by atoms with Crippen molar-refractivity contribution in [1.29, 1.82) is 0 Å². The number of hydrogen-bond acceptors (Lipinski definition) is 4. The van der Waals surface area contributed by atoms with Crippen molar-refractivity contribution in [1.82, 2.24) is 4.98 Å². The van der Waals surface area contributed by atoms with Crippen molar-refractivity contribution in [3.05, 3.63) is 22.8 Å². The van der Waals surface area contributed by atoms with Crippen LogP contribution in [0.15, 0.2) is 12.3 Å². The lowest BCUT2D eigenvalue weighted by atomic mass is 9.95. The van der Waals surface area contributed by atoms with Gasteiger partial charge in [-0.1, -0.05) is 11.6 Å². The standard InChI is InChI=1S/C12H13ClN2O3/c13-8-3-6(12(16)17)5-14-11(8)15-9-4-7-1-2-10(9)18-7/h3,5,7,9-10H,1-2,4H2,(H,14,15)(H,16,17). The first kappa shape index (κ1) is 11.7. The second-order valence-corrected chi connectivity index (χ2v) is 5.13. The lowest BCUT2D eigenvalue weighted by Crippen LogP contribution is -2.30. The largest absolute Gasteiger partial charge is 0.478 e. The van der Waals surface area contributed by atoms with Crippen molar-refractivity contribution in [2.75, 3.05) is 5.32 Å². The molecule has 5 nitrogen and oxygen atoms in total. The van der Waals surface area contributed by atoms with E-state index in [0.29, 0.717) is 16.9 Å². The van der Waals surface area contributed by atoms with Crippen LogP contribution in [0.5, 0.6) is 0 Å². The molecule has 0 radical (unpaired) electrons. The van der Waals surface area contributed by atoms with Crippen molar-refractivity contribution >= 4 is 23.4 Å². The zero-order valence-corrected chi connectivity index (χ0v) is 10.4. The van der Waals surface area contributed by atoms with Crippen molar-refractivity contribution < 1.29 is 14.6 Å². The van der Waals surface area contributed by atoms with Gasteiger partial charge in [0, 0.05) is 6.20 Å². The molecule has 96 valence electrons. The van der Waals surface area contributed by atoms with E-state index in [1.54, 1.807) is 0 Å². The van der Waals surface area contributed by atoms with Crippen LogP contribution in [-0.2, 0) is 4.74 Å². The van der Waals surface area contributed by atoms with Crippen LogP contribution in [0.1, 0.15) is 29.6 Å². The van der Waals surface area contributed by atoms with Crippen LogP contribution in [0.2, 0.25) is 5.02 Å². The highest BCUT2D eigenvalue weighted by Crippen LogP contribution is 2.36. The van der Waals surface area contributed by atoms with Crippen LogP contribution in [0.4, 0.5) is 5.82 Å². The first-order chi connectivity index (χ1) is 8.63. The number of hydrogen-bond donors (Lipinski definition) is 2. The van der Waals surface area contributed by atoms with E-state index < -0.39 is 5.97 Å². The normalized spacial score (nSPS) is 29.5. The second-order valence-electron chi connectivity index (χ2n) is 4.72. The lowest BCUT2D eigenvalue weighted by molar-refractivity contribution is 0.0696. The minimum atomic E-state index is -1.03. The Morgan fingerprint density at radius 2 is 2.39 bits per heavy atom. The van der Waals surface area contributed by atoms with Gasteiger partial charge in [-0.25, -0.2) is 9.78 Å². The Hall–Kier alpha value is -1.33. The molecule has 3 atom stereocenters. The number of anilines is 1. The third-order valence-electron chi connectivity index (χ3n) is 3.52. The molecule has 3 rings (SSSR count). The minimum Gasteiger partial charge on any atom is -0.478 e. The van der Waals surface area contributed by atoms with Crippen LogP contribution >= 0.6 is 11.6 Å². The summed E-state index contributed by atoms with van der Waals surface area (Å²) in [5.74, 6) is -0.498. The first-order valence-electron chi connectivity index (χ1n) is 5.94. The summed E-state index contributed by atoms with van der Waals surface area (Å²) in [6, 6.07) is 1.64. The summed E-state index contributed by atoms with van der Waals surface area (Å²) < 4.78 is 5.73. The maximum absolute atomic E-state index is 10.8. The number of rotatable bonds is 3. The van der Waals surface area contributed by atoms with Gasteiger partial charge < -0.3 is 15.2 Å². The fourth-order valence-corrected chi connectivity index (χ4v) is 2.85. The second kappa shape index (κ2) is 4.40. The van der Waals surface area contributed by atoms with Gasteiger partial charge in [-0.2, -0.15) is 0 Å². The van der Waals surface area contributed by atoms with Gasteiger partial charge in [0.05, 0.1) is 28.8 Å². The summed E-state index contributed by atoms with van der Waals surface area (Å²) in [6.45, 7) is 0. The number of aromatic nitrogens is 1. The molecule has 18 heavy (non-hydrogen) atoms. The number of nitrogens with one attached hydrogen (secondary N) is 1. The molecule has 0 aliphatic carbocycles. The lowest BCUT2D eigenvalue weighted by Gasteiger charge is -2.21. The zero-order valence-electron chi connectivity index (χ0n) is 9.60. The highest BCUT2D eigenvalue weighted by molar-refractivity contribution is 6.33. The molecule has 1 aromatic heterocycles. The summed E-state index contributed by atoms with van der Waals surface area (Å²) in [5.41, 5.74) is 0.0924. The molecule has 0 saturated carbocycles. The fourth-order valence-electron chi connectivity index (χ4n) is 2.63. The Bertz CT molecular complexity index is 494. The van der Waals surface area contributed by atoms with E-state index >= 15 is 0 Å². The van der Waals surface area contributed by atoms with Crippen LogP contribution in [0.3, 0.4) is 0 Å². The van der Waals surface area contributed by atoms with Crippen molar-refractivity contribution in [2.45, 2.75) is 37.5 Å². The highest BCUT2D eigenvalue weighted by Gasteiger charge is 2.41. The summed E-state index contributed by atoms with van der Waals surface area (Å²) in [7, 11) is 0. The topological polar surface area (TPSA) is 71.5 Å². The number of ether oxygens (including phenoxy) is 1.